The van der Waals surface area contributed by atoms with Crippen molar-refractivity contribution in [2.75, 3.05) is 26.2 Å². The molecule has 0 bridgehead atoms. The third-order valence-corrected chi connectivity index (χ3v) is 9.37. The molecule has 0 saturated carbocycles. The van der Waals surface area contributed by atoms with Gasteiger partial charge in [0, 0.05) is 26.2 Å². The van der Waals surface area contributed by atoms with Gasteiger partial charge in [-0.1, -0.05) is 41.9 Å². The van der Waals surface area contributed by atoms with E-state index in [0.717, 1.165) is 11.3 Å². The zero-order valence-corrected chi connectivity index (χ0v) is 16.4. The molecule has 10 heteroatoms. The molecule has 0 unspecified atom stereocenters. The summed E-state index contributed by atoms with van der Waals surface area (Å²) < 4.78 is 53.4. The van der Waals surface area contributed by atoms with Gasteiger partial charge in [0.25, 0.3) is 10.0 Å². The smallest absolute Gasteiger partial charge is 0.212 e. The van der Waals surface area contributed by atoms with Gasteiger partial charge in [0.15, 0.2) is 0 Å². The van der Waals surface area contributed by atoms with Crippen molar-refractivity contribution in [1.82, 2.24) is 8.61 Å². The topological polar surface area (TPSA) is 74.8 Å². The highest BCUT2D eigenvalue weighted by atomic mass is 35.5. The molecule has 1 aromatic heterocycles. The maximum atomic E-state index is 12.6. The number of halogens is 1. The molecule has 0 N–H and O–H groups in total. The summed E-state index contributed by atoms with van der Waals surface area (Å²) in [5, 5.41) is 0. The van der Waals surface area contributed by atoms with Crippen LogP contribution in [0.15, 0.2) is 46.7 Å². The van der Waals surface area contributed by atoms with Crippen LogP contribution in [0.3, 0.4) is 0 Å². The van der Waals surface area contributed by atoms with Crippen molar-refractivity contribution in [3.63, 3.8) is 0 Å². The lowest BCUT2D eigenvalue weighted by molar-refractivity contribution is 0.273. The average molecular weight is 421 g/mol. The summed E-state index contributed by atoms with van der Waals surface area (Å²) in [5.74, 6) is -0.0822. The van der Waals surface area contributed by atoms with Gasteiger partial charge in [0.05, 0.1) is 10.1 Å². The predicted molar refractivity (Wildman–Crippen MR) is 98.7 cm³/mol. The van der Waals surface area contributed by atoms with E-state index in [-0.39, 0.29) is 36.1 Å². The molecule has 136 valence electrons. The van der Waals surface area contributed by atoms with Crippen molar-refractivity contribution in [3.05, 3.63) is 52.4 Å². The summed E-state index contributed by atoms with van der Waals surface area (Å²) in [6, 6.07) is 12.0. The second kappa shape index (κ2) is 7.34. The van der Waals surface area contributed by atoms with Gasteiger partial charge < -0.3 is 0 Å². The lowest BCUT2D eigenvalue weighted by atomic mass is 10.2. The van der Waals surface area contributed by atoms with E-state index in [0.29, 0.717) is 9.90 Å². The van der Waals surface area contributed by atoms with E-state index >= 15 is 0 Å². The van der Waals surface area contributed by atoms with E-state index < -0.39 is 20.0 Å². The Kier molecular flexibility index (Phi) is 5.52. The number of hydrogen-bond acceptors (Lipinski definition) is 5. The number of hydrogen-bond donors (Lipinski definition) is 0. The van der Waals surface area contributed by atoms with Crippen molar-refractivity contribution in [2.45, 2.75) is 9.96 Å². The van der Waals surface area contributed by atoms with Crippen LogP contribution in [0.25, 0.3) is 0 Å². The third-order valence-electron chi connectivity index (χ3n) is 3.93. The number of sulfonamides is 2. The van der Waals surface area contributed by atoms with Crippen LogP contribution < -0.4 is 0 Å². The fourth-order valence-corrected chi connectivity index (χ4v) is 7.20. The molecule has 0 atom stereocenters. The van der Waals surface area contributed by atoms with Gasteiger partial charge in [0.2, 0.25) is 10.0 Å². The summed E-state index contributed by atoms with van der Waals surface area (Å²) in [6.07, 6.45) is 0. The van der Waals surface area contributed by atoms with Crippen LogP contribution in [0, 0.1) is 0 Å². The van der Waals surface area contributed by atoms with E-state index in [1.807, 2.05) is 6.07 Å². The zero-order valence-electron chi connectivity index (χ0n) is 13.2. The molecule has 0 radical (unpaired) electrons. The minimum absolute atomic E-state index is 0.0822. The van der Waals surface area contributed by atoms with Gasteiger partial charge >= 0.3 is 0 Å². The Bertz CT molecular complexity index is 934. The normalized spacial score (nSPS) is 17.6. The fourth-order valence-electron chi connectivity index (χ4n) is 2.63. The van der Waals surface area contributed by atoms with E-state index in [2.05, 4.69) is 0 Å². The number of rotatable bonds is 5. The molecule has 1 aromatic carbocycles. The standard InChI is InChI=1S/C15H17ClN2O4S3/c16-14-6-7-15(23-14)25(21,22)18-10-8-17(9-11-18)24(19,20)12-13-4-2-1-3-5-13/h1-7H,8-12H2. The molecule has 2 heterocycles. The van der Waals surface area contributed by atoms with Crippen molar-refractivity contribution < 1.29 is 16.8 Å². The van der Waals surface area contributed by atoms with Gasteiger partial charge in [-0.3, -0.25) is 0 Å². The molecule has 6 nitrogen and oxygen atoms in total. The Hall–Kier alpha value is -0.970. The minimum atomic E-state index is -3.62. The number of benzene rings is 1. The van der Waals surface area contributed by atoms with Gasteiger partial charge in [-0.05, 0) is 17.7 Å². The third kappa shape index (κ3) is 4.24. The van der Waals surface area contributed by atoms with E-state index in [1.165, 1.54) is 14.7 Å². The minimum Gasteiger partial charge on any atom is -0.212 e. The monoisotopic (exact) mass is 420 g/mol. The lowest BCUT2D eigenvalue weighted by Crippen LogP contribution is -2.50. The Labute approximate surface area is 156 Å². The molecule has 0 amide bonds. The van der Waals surface area contributed by atoms with Crippen LogP contribution >= 0.6 is 22.9 Å². The molecule has 1 aliphatic heterocycles. The first-order chi connectivity index (χ1) is 11.8. The molecule has 0 spiro atoms. The molecular formula is C15H17ClN2O4S3. The maximum absolute atomic E-state index is 12.6. The fraction of sp³-hybridized carbons (Fsp3) is 0.333. The second-order valence-corrected chi connectivity index (χ2v) is 11.5. The predicted octanol–water partition coefficient (Wildman–Crippen LogP) is 2.24. The molecule has 1 fully saturated rings. The van der Waals surface area contributed by atoms with Crippen molar-refractivity contribution in [2.24, 2.45) is 0 Å². The SMILES string of the molecule is O=S(=O)(Cc1ccccc1)N1CCN(S(=O)(=O)c2ccc(Cl)s2)CC1. The van der Waals surface area contributed by atoms with Crippen molar-refractivity contribution in [3.8, 4) is 0 Å². The van der Waals surface area contributed by atoms with Crippen LogP contribution in [0.4, 0.5) is 0 Å². The average Bonchev–Trinajstić information content (AvgIpc) is 3.03. The summed E-state index contributed by atoms with van der Waals surface area (Å²) in [6.45, 7) is 0.554. The summed E-state index contributed by atoms with van der Waals surface area (Å²) in [7, 11) is -7.10. The van der Waals surface area contributed by atoms with E-state index in [9.17, 15) is 16.8 Å². The molecule has 2 aromatic rings. The van der Waals surface area contributed by atoms with Crippen molar-refractivity contribution >= 4 is 43.0 Å². The first-order valence-corrected chi connectivity index (χ1v) is 11.8. The molecule has 1 saturated heterocycles. The molecule has 1 aliphatic rings. The highest BCUT2D eigenvalue weighted by molar-refractivity contribution is 7.91. The molecule has 3 rings (SSSR count). The first kappa shape index (κ1) is 18.8. The summed E-state index contributed by atoms with van der Waals surface area (Å²) in [5.41, 5.74) is 0.714. The van der Waals surface area contributed by atoms with E-state index in [4.69, 9.17) is 11.6 Å². The molecular weight excluding hydrogens is 404 g/mol. The van der Waals surface area contributed by atoms with Gasteiger partial charge in [0.1, 0.15) is 4.21 Å². The van der Waals surface area contributed by atoms with Gasteiger partial charge in [-0.2, -0.15) is 8.61 Å². The first-order valence-electron chi connectivity index (χ1n) is 7.56. The summed E-state index contributed by atoms with van der Waals surface area (Å²) in [4.78, 5) is 0. The van der Waals surface area contributed by atoms with Crippen molar-refractivity contribution in [1.29, 1.82) is 0 Å². The van der Waals surface area contributed by atoms with Gasteiger partial charge in [-0.25, -0.2) is 16.8 Å². The number of thiophene rings is 1. The lowest BCUT2D eigenvalue weighted by Gasteiger charge is -2.33. The Morgan fingerprint density at radius 2 is 1.48 bits per heavy atom. The maximum Gasteiger partial charge on any atom is 0.252 e. The van der Waals surface area contributed by atoms with Crippen LogP contribution in [-0.4, -0.2) is 51.6 Å². The molecule has 0 aliphatic carbocycles. The highest BCUT2D eigenvalue weighted by Gasteiger charge is 2.33. The van der Waals surface area contributed by atoms with Crippen LogP contribution in [0.5, 0.6) is 0 Å². The zero-order chi connectivity index (χ0) is 18.1. The number of piperazine rings is 1. The summed E-state index contributed by atoms with van der Waals surface area (Å²) >= 11 is 6.81. The van der Waals surface area contributed by atoms with Crippen LogP contribution in [-0.2, 0) is 25.8 Å². The Morgan fingerprint density at radius 3 is 2.04 bits per heavy atom. The van der Waals surface area contributed by atoms with Crippen LogP contribution in [0.2, 0.25) is 4.34 Å². The molecule has 25 heavy (non-hydrogen) atoms. The van der Waals surface area contributed by atoms with Gasteiger partial charge in [-0.15, -0.1) is 11.3 Å². The highest BCUT2D eigenvalue weighted by Crippen LogP contribution is 2.29. The number of nitrogens with zero attached hydrogens (tertiary/aromatic N) is 2. The quantitative estimate of drug-likeness (QED) is 0.743. The second-order valence-electron chi connectivity index (χ2n) is 5.60. The Balaban J connectivity index is 1.67. The van der Waals surface area contributed by atoms with E-state index in [1.54, 1.807) is 30.3 Å². The Morgan fingerprint density at radius 1 is 0.880 bits per heavy atom. The largest absolute Gasteiger partial charge is 0.252 e. The van der Waals surface area contributed by atoms with Crippen LogP contribution in [0.1, 0.15) is 5.56 Å².